The van der Waals surface area contributed by atoms with Crippen LogP contribution in [0.1, 0.15) is 16.7 Å². The number of fused-ring (bicyclic) bond motifs is 2. The molecule has 4 aromatic rings. The number of aromatic nitrogens is 1. The van der Waals surface area contributed by atoms with Crippen LogP contribution in [0, 0.1) is 24.3 Å². The van der Waals surface area contributed by atoms with Crippen molar-refractivity contribution in [3.8, 4) is 0 Å². The molecule has 2 N–H and O–H groups in total. The van der Waals surface area contributed by atoms with Crippen LogP contribution in [0.15, 0.2) is 94.5 Å². The van der Waals surface area contributed by atoms with Gasteiger partial charge >= 0.3 is 0 Å². The largest absolute Gasteiger partial charge is 0.506 e. The Morgan fingerprint density at radius 1 is 0.778 bits per heavy atom. The smallest absolute Gasteiger partial charge is 0.281 e. The minimum absolute atomic E-state index is 0.0959. The number of aliphatic hydroxyl groups excluding tert-OH is 1. The van der Waals surface area contributed by atoms with Crippen molar-refractivity contribution in [2.45, 2.75) is 13.8 Å². The predicted octanol–water partition coefficient (Wildman–Crippen LogP) is 5.06. The average Bonchev–Trinajstić information content (AvgIpc) is 2.89. The van der Waals surface area contributed by atoms with Crippen LogP contribution < -0.4 is 21.5 Å². The van der Waals surface area contributed by atoms with Crippen LogP contribution in [0.3, 0.4) is 0 Å². The number of aryl methyl sites for hydroxylation is 2. The quantitative estimate of drug-likeness (QED) is 0.378. The van der Waals surface area contributed by atoms with Crippen LogP contribution in [0.25, 0.3) is 27.4 Å². The lowest BCUT2D eigenvalue weighted by Gasteiger charge is -2.14. The summed E-state index contributed by atoms with van der Waals surface area (Å²) in [5.74, 6) is -0.159. The Morgan fingerprint density at radius 2 is 1.47 bits per heavy atom. The maximum absolute atomic E-state index is 13.9. The van der Waals surface area contributed by atoms with E-state index in [2.05, 4.69) is 16.4 Å². The van der Waals surface area contributed by atoms with E-state index in [1.54, 1.807) is 48.5 Å². The fourth-order valence-corrected chi connectivity index (χ4v) is 5.04. The van der Waals surface area contributed by atoms with Crippen molar-refractivity contribution in [3.05, 3.63) is 138 Å². The van der Waals surface area contributed by atoms with E-state index in [0.29, 0.717) is 43.4 Å². The highest BCUT2D eigenvalue weighted by Crippen LogP contribution is 2.28. The van der Waals surface area contributed by atoms with Gasteiger partial charge in [-0.15, -0.1) is 0 Å². The van der Waals surface area contributed by atoms with Gasteiger partial charge in [0.1, 0.15) is 5.76 Å². The van der Waals surface area contributed by atoms with Gasteiger partial charge in [0.2, 0.25) is 0 Å². The molecule has 0 saturated heterocycles. The second-order valence-corrected chi connectivity index (χ2v) is 9.08. The molecule has 0 radical (unpaired) electrons. The van der Waals surface area contributed by atoms with Gasteiger partial charge in [-0.05, 0) is 43.0 Å². The molecule has 1 aliphatic heterocycles. The highest BCUT2D eigenvalue weighted by Gasteiger charge is 2.18. The van der Waals surface area contributed by atoms with Crippen molar-refractivity contribution in [2.75, 3.05) is 5.32 Å². The monoisotopic (exact) mass is 470 g/mol. The Labute approximate surface area is 206 Å². The van der Waals surface area contributed by atoms with Crippen molar-refractivity contribution in [2.24, 2.45) is 0 Å². The molecule has 0 bridgehead atoms. The van der Waals surface area contributed by atoms with Crippen LogP contribution in [-0.2, 0) is 0 Å². The normalized spacial score (nSPS) is 12.4. The molecule has 1 aliphatic carbocycles. The number of nitrogens with zero attached hydrogens (tertiary/aromatic N) is 1. The standard InChI is InChI=1S/C31H22N2O3/c1-17-12-13-22(18(2)16-17)32-24-15-14-23-26-25(20-10-6-7-11-21(20)30(35)27(24)26)28(31(36)33-23)29(34)19-8-4-3-5-9-19/h3-16,32,34H,1-2H3. The Hall–Kier alpha value is -4.77. The van der Waals surface area contributed by atoms with E-state index < -0.39 is 5.56 Å². The highest BCUT2D eigenvalue weighted by molar-refractivity contribution is 5.96. The van der Waals surface area contributed by atoms with E-state index in [-0.39, 0.29) is 16.4 Å². The molecule has 0 unspecified atom stereocenters. The lowest BCUT2D eigenvalue weighted by atomic mass is 9.96. The molecule has 0 aromatic heterocycles. The first-order valence-electron chi connectivity index (χ1n) is 11.7. The summed E-state index contributed by atoms with van der Waals surface area (Å²) in [5.41, 5.74) is 3.95. The molecule has 1 heterocycles. The number of rotatable bonds is 3. The minimum Gasteiger partial charge on any atom is -0.506 e. The van der Waals surface area contributed by atoms with Crippen molar-refractivity contribution in [1.29, 1.82) is 0 Å². The molecule has 0 saturated carbocycles. The van der Waals surface area contributed by atoms with Gasteiger partial charge in [0, 0.05) is 27.1 Å². The highest BCUT2D eigenvalue weighted by atomic mass is 16.3. The van der Waals surface area contributed by atoms with E-state index in [9.17, 15) is 14.7 Å². The van der Waals surface area contributed by atoms with Crippen LogP contribution in [-0.4, -0.2) is 10.1 Å². The topological polar surface area (TPSA) is 79.3 Å². The van der Waals surface area contributed by atoms with Crippen LogP contribution >= 0.6 is 0 Å². The van der Waals surface area contributed by atoms with E-state index in [0.717, 1.165) is 16.8 Å². The molecular weight excluding hydrogens is 448 g/mol. The third-order valence-electron chi connectivity index (χ3n) is 6.72. The lowest BCUT2D eigenvalue weighted by Crippen LogP contribution is -2.33. The fraction of sp³-hybridized carbons (Fsp3) is 0.0645. The van der Waals surface area contributed by atoms with Gasteiger partial charge in [0.15, 0.2) is 5.43 Å². The van der Waals surface area contributed by atoms with E-state index in [4.69, 9.17) is 0 Å². The van der Waals surface area contributed by atoms with Gasteiger partial charge < -0.3 is 10.4 Å². The summed E-state index contributed by atoms with van der Waals surface area (Å²) in [6.45, 7) is 4.05. The molecule has 36 heavy (non-hydrogen) atoms. The molecule has 2 aliphatic rings. The van der Waals surface area contributed by atoms with E-state index >= 15 is 0 Å². The Morgan fingerprint density at radius 3 is 2.22 bits per heavy atom. The molecule has 0 spiro atoms. The number of benzene rings is 4. The summed E-state index contributed by atoms with van der Waals surface area (Å²) in [6.07, 6.45) is 0. The summed E-state index contributed by atoms with van der Waals surface area (Å²) in [5, 5.41) is 17.4. The van der Waals surface area contributed by atoms with Gasteiger partial charge in [-0.3, -0.25) is 9.59 Å². The third kappa shape index (κ3) is 3.28. The number of anilines is 2. The maximum atomic E-state index is 13.9. The average molecular weight is 471 g/mol. The first-order chi connectivity index (χ1) is 17.4. The zero-order valence-corrected chi connectivity index (χ0v) is 19.8. The summed E-state index contributed by atoms with van der Waals surface area (Å²) < 4.78 is 0. The van der Waals surface area contributed by atoms with Crippen molar-refractivity contribution in [3.63, 3.8) is 0 Å². The van der Waals surface area contributed by atoms with Gasteiger partial charge in [0.05, 0.1) is 21.8 Å². The lowest BCUT2D eigenvalue weighted by molar-refractivity contribution is 0.506. The van der Waals surface area contributed by atoms with Crippen molar-refractivity contribution in [1.82, 2.24) is 4.98 Å². The fourth-order valence-electron chi connectivity index (χ4n) is 5.04. The Bertz CT molecular complexity index is 2040. The minimum atomic E-state index is -0.538. The molecule has 5 nitrogen and oxygen atoms in total. The van der Waals surface area contributed by atoms with Gasteiger partial charge in [-0.25, -0.2) is 4.98 Å². The molecule has 0 amide bonds. The van der Waals surface area contributed by atoms with Gasteiger partial charge in [-0.2, -0.15) is 0 Å². The first kappa shape index (κ1) is 21.7. The Balaban J connectivity index is 1.85. The number of aliphatic hydroxyl groups is 1. The zero-order chi connectivity index (χ0) is 25.0. The summed E-state index contributed by atoms with van der Waals surface area (Å²) >= 11 is 0. The van der Waals surface area contributed by atoms with Crippen molar-refractivity contribution >= 4 is 38.8 Å². The molecule has 0 fully saturated rings. The SMILES string of the molecule is Cc1ccc(Nc2ccc3nc(=O)c(=C(O)c4ccccc4)c4c5ccccc5c(=O)c2c3=4)c(C)c1. The molecule has 4 aromatic carbocycles. The van der Waals surface area contributed by atoms with Crippen LogP contribution in [0.4, 0.5) is 11.4 Å². The van der Waals surface area contributed by atoms with Gasteiger partial charge in [-0.1, -0.05) is 72.3 Å². The molecule has 6 rings (SSSR count). The summed E-state index contributed by atoms with van der Waals surface area (Å²) in [7, 11) is 0. The Kier molecular flexibility index (Phi) is 4.93. The van der Waals surface area contributed by atoms with E-state index in [1.807, 2.05) is 44.2 Å². The maximum Gasteiger partial charge on any atom is 0.281 e. The number of nitrogens with one attached hydrogen (secondary N) is 1. The molecular formula is C31H22N2O3. The molecule has 5 heteroatoms. The molecule has 174 valence electrons. The summed E-state index contributed by atoms with van der Waals surface area (Å²) in [4.78, 5) is 31.5. The zero-order valence-electron chi connectivity index (χ0n) is 19.8. The second kappa shape index (κ2) is 8.17. The second-order valence-electron chi connectivity index (χ2n) is 9.08. The summed E-state index contributed by atoms with van der Waals surface area (Å²) in [6, 6.07) is 25.7. The van der Waals surface area contributed by atoms with Crippen molar-refractivity contribution < 1.29 is 5.11 Å². The third-order valence-corrected chi connectivity index (χ3v) is 6.72. The molecule has 0 atom stereocenters. The van der Waals surface area contributed by atoms with Crippen LogP contribution in [0.2, 0.25) is 0 Å². The van der Waals surface area contributed by atoms with E-state index in [1.165, 1.54) is 0 Å². The number of hydrogen-bond donors (Lipinski definition) is 2. The number of hydrogen-bond acceptors (Lipinski definition) is 5. The van der Waals surface area contributed by atoms with Crippen LogP contribution in [0.5, 0.6) is 0 Å². The first-order valence-corrected chi connectivity index (χ1v) is 11.7. The predicted molar refractivity (Wildman–Crippen MR) is 144 cm³/mol. The van der Waals surface area contributed by atoms with Gasteiger partial charge in [0.25, 0.3) is 5.56 Å².